The third-order valence-corrected chi connectivity index (χ3v) is 4.43. The van der Waals surface area contributed by atoms with Crippen LogP contribution in [-0.4, -0.2) is 33.9 Å². The predicted octanol–water partition coefficient (Wildman–Crippen LogP) is 1.26. The van der Waals surface area contributed by atoms with Gasteiger partial charge in [0.15, 0.2) is 0 Å². The zero-order valence-electron chi connectivity index (χ0n) is 7.84. The number of aliphatic hydroxyl groups excluding tert-OH is 1. The first kappa shape index (κ1) is 10.4. The minimum absolute atomic E-state index is 0.0839. The molecule has 0 aliphatic carbocycles. The summed E-state index contributed by atoms with van der Waals surface area (Å²) in [6, 6.07) is 0. The summed E-state index contributed by atoms with van der Waals surface area (Å²) >= 11 is 1.78. The second-order valence-electron chi connectivity index (χ2n) is 3.91. The highest BCUT2D eigenvalue weighted by molar-refractivity contribution is 7.99. The van der Waals surface area contributed by atoms with Crippen molar-refractivity contribution in [3.05, 3.63) is 0 Å². The molecular formula is C9H18O2S. The molecule has 0 saturated carbocycles. The Labute approximate surface area is 78.4 Å². The van der Waals surface area contributed by atoms with Gasteiger partial charge in [0.25, 0.3) is 0 Å². The Hall–Kier alpha value is 0.270. The van der Waals surface area contributed by atoms with Crippen LogP contribution >= 0.6 is 11.8 Å². The van der Waals surface area contributed by atoms with Crippen molar-refractivity contribution >= 4 is 11.8 Å². The van der Waals surface area contributed by atoms with Gasteiger partial charge in [0.2, 0.25) is 0 Å². The van der Waals surface area contributed by atoms with Crippen molar-refractivity contribution in [3.63, 3.8) is 0 Å². The largest absolute Gasteiger partial charge is 0.396 e. The second-order valence-corrected chi connectivity index (χ2v) is 5.01. The van der Waals surface area contributed by atoms with Crippen LogP contribution in [-0.2, 0) is 0 Å². The van der Waals surface area contributed by atoms with Gasteiger partial charge >= 0.3 is 0 Å². The lowest BCUT2D eigenvalue weighted by molar-refractivity contribution is -0.0830. The van der Waals surface area contributed by atoms with Crippen LogP contribution in [0.25, 0.3) is 0 Å². The molecule has 0 spiro atoms. The molecule has 2 unspecified atom stereocenters. The maximum Gasteiger partial charge on any atom is 0.0820 e. The molecule has 0 radical (unpaired) electrons. The fraction of sp³-hybridized carbons (Fsp3) is 1.00. The summed E-state index contributed by atoms with van der Waals surface area (Å²) in [5.74, 6) is 1.80. The topological polar surface area (TPSA) is 40.5 Å². The fourth-order valence-corrected chi connectivity index (χ4v) is 3.08. The number of aliphatic hydroxyl groups is 2. The van der Waals surface area contributed by atoms with Crippen molar-refractivity contribution in [2.45, 2.75) is 32.3 Å². The first-order valence-electron chi connectivity index (χ1n) is 4.49. The highest BCUT2D eigenvalue weighted by Gasteiger charge is 2.47. The van der Waals surface area contributed by atoms with Crippen LogP contribution in [0.2, 0.25) is 0 Å². The summed E-state index contributed by atoms with van der Waals surface area (Å²) in [5, 5.41) is 19.5. The Morgan fingerprint density at radius 1 is 1.58 bits per heavy atom. The molecule has 1 rings (SSSR count). The second kappa shape index (κ2) is 3.56. The standard InChI is InChI=1S/C9H18O2S/c1-3-8(2,6-10)9(11)4-5-12-7-9/h10-11H,3-7H2,1-2H3. The van der Waals surface area contributed by atoms with Gasteiger partial charge in [0, 0.05) is 11.2 Å². The molecule has 1 fully saturated rings. The van der Waals surface area contributed by atoms with Gasteiger partial charge in [-0.1, -0.05) is 13.8 Å². The quantitative estimate of drug-likeness (QED) is 0.704. The molecule has 3 heteroatoms. The molecular weight excluding hydrogens is 172 g/mol. The van der Waals surface area contributed by atoms with Crippen molar-refractivity contribution < 1.29 is 10.2 Å². The van der Waals surface area contributed by atoms with E-state index in [9.17, 15) is 10.2 Å². The summed E-state index contributed by atoms with van der Waals surface area (Å²) in [5.41, 5.74) is -0.947. The van der Waals surface area contributed by atoms with Gasteiger partial charge in [0.1, 0.15) is 0 Å². The highest BCUT2D eigenvalue weighted by atomic mass is 32.2. The highest BCUT2D eigenvalue weighted by Crippen LogP contribution is 2.43. The van der Waals surface area contributed by atoms with Gasteiger partial charge in [-0.15, -0.1) is 0 Å². The molecule has 1 heterocycles. The molecule has 2 N–H and O–H groups in total. The summed E-state index contributed by atoms with van der Waals surface area (Å²) in [7, 11) is 0. The maximum absolute atomic E-state index is 10.2. The van der Waals surface area contributed by atoms with Gasteiger partial charge < -0.3 is 10.2 Å². The predicted molar refractivity (Wildman–Crippen MR) is 52.4 cm³/mol. The lowest BCUT2D eigenvalue weighted by Gasteiger charge is -2.40. The molecule has 2 atom stereocenters. The number of rotatable bonds is 3. The molecule has 0 aromatic rings. The molecule has 1 aliphatic heterocycles. The molecule has 0 aromatic heterocycles. The molecule has 0 amide bonds. The molecule has 2 nitrogen and oxygen atoms in total. The van der Waals surface area contributed by atoms with E-state index in [4.69, 9.17) is 0 Å². The van der Waals surface area contributed by atoms with Gasteiger partial charge in [0.05, 0.1) is 12.2 Å². The first-order valence-corrected chi connectivity index (χ1v) is 5.64. The Morgan fingerprint density at radius 3 is 2.58 bits per heavy atom. The van der Waals surface area contributed by atoms with Crippen molar-refractivity contribution in [3.8, 4) is 0 Å². The Balaban J connectivity index is 2.75. The van der Waals surface area contributed by atoms with Gasteiger partial charge in [-0.2, -0.15) is 11.8 Å². The average Bonchev–Trinajstić information content (AvgIpc) is 2.52. The smallest absolute Gasteiger partial charge is 0.0820 e. The summed E-state index contributed by atoms with van der Waals surface area (Å²) in [6.07, 6.45) is 1.66. The van der Waals surface area contributed by atoms with Crippen molar-refractivity contribution in [2.24, 2.45) is 5.41 Å². The van der Waals surface area contributed by atoms with Crippen LogP contribution in [0.1, 0.15) is 26.7 Å². The van der Waals surface area contributed by atoms with Crippen molar-refractivity contribution in [1.82, 2.24) is 0 Å². The van der Waals surface area contributed by atoms with E-state index in [1.165, 1.54) is 0 Å². The van der Waals surface area contributed by atoms with Crippen molar-refractivity contribution in [1.29, 1.82) is 0 Å². The van der Waals surface area contributed by atoms with E-state index >= 15 is 0 Å². The summed E-state index contributed by atoms with van der Waals surface area (Å²) < 4.78 is 0. The van der Waals surface area contributed by atoms with E-state index in [-0.39, 0.29) is 12.0 Å². The molecule has 72 valence electrons. The molecule has 1 saturated heterocycles. The zero-order valence-corrected chi connectivity index (χ0v) is 8.65. The van der Waals surface area contributed by atoms with Crippen LogP contribution in [0.4, 0.5) is 0 Å². The Morgan fingerprint density at radius 2 is 2.25 bits per heavy atom. The van der Waals surface area contributed by atoms with Gasteiger partial charge in [-0.05, 0) is 18.6 Å². The average molecular weight is 190 g/mol. The minimum Gasteiger partial charge on any atom is -0.396 e. The monoisotopic (exact) mass is 190 g/mol. The number of hydrogen-bond acceptors (Lipinski definition) is 3. The third kappa shape index (κ3) is 1.50. The van der Waals surface area contributed by atoms with Gasteiger partial charge in [-0.3, -0.25) is 0 Å². The SMILES string of the molecule is CCC(C)(CO)C1(O)CCSC1. The van der Waals surface area contributed by atoms with Crippen LogP contribution in [0.15, 0.2) is 0 Å². The van der Waals surface area contributed by atoms with Crippen LogP contribution in [0, 0.1) is 5.41 Å². The van der Waals surface area contributed by atoms with E-state index < -0.39 is 5.60 Å². The van der Waals surface area contributed by atoms with E-state index in [1.54, 1.807) is 11.8 Å². The molecule has 0 aromatic carbocycles. The summed E-state index contributed by atoms with van der Waals surface area (Å²) in [6.45, 7) is 4.08. The van der Waals surface area contributed by atoms with Crippen molar-refractivity contribution in [2.75, 3.05) is 18.1 Å². The summed E-state index contributed by atoms with van der Waals surface area (Å²) in [4.78, 5) is 0. The molecule has 0 bridgehead atoms. The Bertz CT molecular complexity index is 147. The van der Waals surface area contributed by atoms with Crippen LogP contribution in [0.5, 0.6) is 0 Å². The zero-order chi connectivity index (χ0) is 9.24. The minimum atomic E-state index is -0.638. The van der Waals surface area contributed by atoms with E-state index in [2.05, 4.69) is 0 Å². The molecule has 12 heavy (non-hydrogen) atoms. The first-order chi connectivity index (χ1) is 5.58. The lowest BCUT2D eigenvalue weighted by Crippen LogP contribution is -2.48. The maximum atomic E-state index is 10.2. The lowest BCUT2D eigenvalue weighted by atomic mass is 9.71. The third-order valence-electron chi connectivity index (χ3n) is 3.25. The number of thioether (sulfide) groups is 1. The van der Waals surface area contributed by atoms with Crippen LogP contribution < -0.4 is 0 Å². The normalized spacial score (nSPS) is 35.0. The van der Waals surface area contributed by atoms with E-state index in [0.717, 1.165) is 24.3 Å². The molecule has 1 aliphatic rings. The van der Waals surface area contributed by atoms with Crippen LogP contribution in [0.3, 0.4) is 0 Å². The Kier molecular flexibility index (Phi) is 3.07. The fourth-order valence-electron chi connectivity index (χ4n) is 1.62. The van der Waals surface area contributed by atoms with E-state index in [1.807, 2.05) is 13.8 Å². The number of hydrogen-bond donors (Lipinski definition) is 2. The van der Waals surface area contributed by atoms with Gasteiger partial charge in [-0.25, -0.2) is 0 Å². The van der Waals surface area contributed by atoms with E-state index in [0.29, 0.717) is 0 Å².